The minimum atomic E-state index is -4.97. The summed E-state index contributed by atoms with van der Waals surface area (Å²) >= 11 is 1.23. The molecule has 0 radical (unpaired) electrons. The Bertz CT molecular complexity index is 795. The van der Waals surface area contributed by atoms with Gasteiger partial charge in [-0.05, 0) is 29.1 Å². The molecule has 3 rings (SSSR count). The van der Waals surface area contributed by atoms with Crippen molar-refractivity contribution in [3.8, 4) is 0 Å². The number of nitrogens with one attached hydrogen (secondary N) is 1. The molecule has 2 heterocycles. The van der Waals surface area contributed by atoms with E-state index >= 15 is 0 Å². The fraction of sp³-hybridized carbons (Fsp3) is 0.214. The van der Waals surface area contributed by atoms with Crippen molar-refractivity contribution in [3.05, 3.63) is 46.0 Å². The van der Waals surface area contributed by atoms with Crippen LogP contribution in [0.4, 0.5) is 13.2 Å². The molecule has 0 saturated carbocycles. The summed E-state index contributed by atoms with van der Waals surface area (Å²) < 4.78 is 42.0. The first-order valence-electron chi connectivity index (χ1n) is 6.63. The largest absolute Gasteiger partial charge is 0.471 e. The van der Waals surface area contributed by atoms with E-state index in [4.69, 9.17) is 9.25 Å². The molecule has 126 valence electrons. The molecule has 10 heteroatoms. The topological polar surface area (TPSA) is 80.9 Å². The van der Waals surface area contributed by atoms with E-state index in [0.29, 0.717) is 10.4 Å². The summed E-state index contributed by atoms with van der Waals surface area (Å²) in [7, 11) is 0. The van der Waals surface area contributed by atoms with E-state index in [2.05, 4.69) is 5.16 Å². The Morgan fingerprint density at radius 1 is 1.38 bits per heavy atom. The number of alkyl halides is 3. The molecule has 2 aromatic rings. The molecule has 0 spiro atoms. The van der Waals surface area contributed by atoms with E-state index in [1.807, 2.05) is 5.32 Å². The Labute approximate surface area is 136 Å². The second-order valence-electron chi connectivity index (χ2n) is 4.83. The molecule has 2 aromatic heterocycles. The summed E-state index contributed by atoms with van der Waals surface area (Å²) in [5.41, 5.74) is 0.790. The predicted molar refractivity (Wildman–Crippen MR) is 76.5 cm³/mol. The van der Waals surface area contributed by atoms with Crippen LogP contribution in [0.2, 0.25) is 0 Å². The molecule has 0 saturated heterocycles. The first kappa shape index (κ1) is 16.2. The van der Waals surface area contributed by atoms with Gasteiger partial charge in [0, 0.05) is 6.42 Å². The van der Waals surface area contributed by atoms with Gasteiger partial charge in [-0.1, -0.05) is 5.16 Å². The zero-order valence-corrected chi connectivity index (χ0v) is 12.6. The van der Waals surface area contributed by atoms with Crippen LogP contribution in [-0.4, -0.2) is 23.8 Å². The number of furan rings is 1. The second-order valence-corrected chi connectivity index (χ2v) is 5.74. The van der Waals surface area contributed by atoms with Gasteiger partial charge in [0.05, 0.1) is 17.2 Å². The van der Waals surface area contributed by atoms with Gasteiger partial charge in [0.2, 0.25) is 5.76 Å². The zero-order chi connectivity index (χ0) is 17.3. The predicted octanol–water partition coefficient (Wildman–Crippen LogP) is 3.03. The van der Waals surface area contributed by atoms with Crippen LogP contribution in [-0.2, 0) is 9.63 Å². The van der Waals surface area contributed by atoms with Gasteiger partial charge in [0.25, 0.3) is 0 Å². The van der Waals surface area contributed by atoms with Crippen molar-refractivity contribution < 1.29 is 32.0 Å². The van der Waals surface area contributed by atoms with Crippen LogP contribution in [0.5, 0.6) is 0 Å². The van der Waals surface area contributed by atoms with Gasteiger partial charge >= 0.3 is 18.1 Å². The van der Waals surface area contributed by atoms with Gasteiger partial charge in [-0.2, -0.15) is 13.2 Å². The Kier molecular flexibility index (Phi) is 4.14. The molecule has 1 N–H and O–H groups in total. The standard InChI is InChI=1S/C14H9F3N2O4S/c15-14(16,17)13(21)18-8-6-9(11-7(8)3-5-24-11)19-23-12(20)10-2-1-4-22-10/h1-5,8H,6H2,(H,18,21)/b19-9+. The number of fused-ring (bicyclic) bond motifs is 1. The van der Waals surface area contributed by atoms with Gasteiger partial charge in [-0.3, -0.25) is 4.79 Å². The van der Waals surface area contributed by atoms with Crippen molar-refractivity contribution in [2.24, 2.45) is 5.16 Å². The third-order valence-electron chi connectivity index (χ3n) is 3.25. The molecule has 0 aliphatic heterocycles. The third-order valence-corrected chi connectivity index (χ3v) is 4.23. The van der Waals surface area contributed by atoms with Gasteiger partial charge in [-0.25, -0.2) is 4.79 Å². The van der Waals surface area contributed by atoms with Crippen LogP contribution < -0.4 is 5.32 Å². The number of halogens is 3. The lowest BCUT2D eigenvalue weighted by atomic mass is 10.2. The summed E-state index contributed by atoms with van der Waals surface area (Å²) in [4.78, 5) is 28.1. The van der Waals surface area contributed by atoms with Crippen molar-refractivity contribution in [2.75, 3.05) is 0 Å². The molecule has 1 aliphatic rings. The maximum atomic E-state index is 12.4. The van der Waals surface area contributed by atoms with E-state index in [1.165, 1.54) is 29.7 Å². The maximum absolute atomic E-state index is 12.4. The van der Waals surface area contributed by atoms with E-state index in [9.17, 15) is 22.8 Å². The van der Waals surface area contributed by atoms with Crippen molar-refractivity contribution in [1.82, 2.24) is 5.32 Å². The quantitative estimate of drug-likeness (QED) is 0.676. The number of rotatable bonds is 3. The van der Waals surface area contributed by atoms with Crippen LogP contribution >= 0.6 is 11.3 Å². The summed E-state index contributed by atoms with van der Waals surface area (Å²) in [6.45, 7) is 0. The number of hydrogen-bond donors (Lipinski definition) is 1. The summed E-state index contributed by atoms with van der Waals surface area (Å²) in [6, 6.07) is 3.61. The lowest BCUT2D eigenvalue weighted by Crippen LogP contribution is -2.38. The SMILES string of the molecule is O=C(O/N=C1\CC(NC(=O)C(F)(F)F)c2ccsc21)c1ccco1. The van der Waals surface area contributed by atoms with Crippen LogP contribution in [0.3, 0.4) is 0 Å². The molecule has 24 heavy (non-hydrogen) atoms. The van der Waals surface area contributed by atoms with E-state index in [-0.39, 0.29) is 17.9 Å². The Balaban J connectivity index is 1.74. The molecule has 0 aromatic carbocycles. The Hall–Kier alpha value is -2.62. The summed E-state index contributed by atoms with van der Waals surface area (Å²) in [5.74, 6) is -2.91. The summed E-state index contributed by atoms with van der Waals surface area (Å²) in [6.07, 6.45) is -3.68. The first-order valence-corrected chi connectivity index (χ1v) is 7.51. The Morgan fingerprint density at radius 2 is 2.17 bits per heavy atom. The third kappa shape index (κ3) is 3.18. The van der Waals surface area contributed by atoms with E-state index in [1.54, 1.807) is 11.4 Å². The smallest absolute Gasteiger partial charge is 0.457 e. The Morgan fingerprint density at radius 3 is 2.83 bits per heavy atom. The normalized spacial score (nSPS) is 18.5. The monoisotopic (exact) mass is 358 g/mol. The number of nitrogens with zero attached hydrogens (tertiary/aromatic N) is 1. The fourth-order valence-corrected chi connectivity index (χ4v) is 3.16. The lowest BCUT2D eigenvalue weighted by molar-refractivity contribution is -0.174. The minimum absolute atomic E-state index is 0.00470. The molecule has 1 amide bonds. The molecular weight excluding hydrogens is 349 g/mol. The second kappa shape index (κ2) is 6.11. The number of carbonyl (C=O) groups is 2. The van der Waals surface area contributed by atoms with Gasteiger partial charge < -0.3 is 14.6 Å². The van der Waals surface area contributed by atoms with Gasteiger partial charge in [-0.15, -0.1) is 11.3 Å². The van der Waals surface area contributed by atoms with Crippen molar-refractivity contribution in [3.63, 3.8) is 0 Å². The van der Waals surface area contributed by atoms with E-state index < -0.39 is 24.1 Å². The highest BCUT2D eigenvalue weighted by atomic mass is 32.1. The number of hydrogen-bond acceptors (Lipinski definition) is 6. The molecule has 6 nitrogen and oxygen atoms in total. The fourth-order valence-electron chi connectivity index (χ4n) is 2.21. The van der Waals surface area contributed by atoms with Crippen LogP contribution in [0.1, 0.15) is 33.5 Å². The maximum Gasteiger partial charge on any atom is 0.471 e. The van der Waals surface area contributed by atoms with Crippen molar-refractivity contribution >= 4 is 28.9 Å². The highest BCUT2D eigenvalue weighted by Gasteiger charge is 2.42. The van der Waals surface area contributed by atoms with Crippen LogP contribution in [0.25, 0.3) is 0 Å². The van der Waals surface area contributed by atoms with Crippen molar-refractivity contribution in [2.45, 2.75) is 18.6 Å². The van der Waals surface area contributed by atoms with Gasteiger partial charge in [0.1, 0.15) is 5.71 Å². The number of carbonyl (C=O) groups excluding carboxylic acids is 2. The number of amides is 1. The highest BCUT2D eigenvalue weighted by molar-refractivity contribution is 7.12. The molecule has 0 fully saturated rings. The minimum Gasteiger partial charge on any atom is -0.457 e. The van der Waals surface area contributed by atoms with Crippen LogP contribution in [0, 0.1) is 0 Å². The molecule has 0 bridgehead atoms. The highest BCUT2D eigenvalue weighted by Crippen LogP contribution is 2.36. The average Bonchev–Trinajstić information content (AvgIpc) is 3.23. The van der Waals surface area contributed by atoms with E-state index in [0.717, 1.165) is 0 Å². The average molecular weight is 358 g/mol. The first-order chi connectivity index (χ1) is 11.4. The molecule has 1 aliphatic carbocycles. The zero-order valence-electron chi connectivity index (χ0n) is 11.8. The summed E-state index contributed by atoms with van der Waals surface area (Å²) in [5, 5.41) is 7.26. The van der Waals surface area contributed by atoms with Gasteiger partial charge in [0.15, 0.2) is 0 Å². The molecule has 1 unspecified atom stereocenters. The lowest BCUT2D eigenvalue weighted by Gasteiger charge is -2.13. The number of thiophene rings is 1. The van der Waals surface area contributed by atoms with Crippen molar-refractivity contribution in [1.29, 1.82) is 0 Å². The number of oxime groups is 1. The molecular formula is C14H9F3N2O4S. The molecule has 1 atom stereocenters. The van der Waals surface area contributed by atoms with Crippen LogP contribution in [0.15, 0.2) is 39.4 Å².